The topological polar surface area (TPSA) is 46.2 Å². The van der Waals surface area contributed by atoms with E-state index in [1.165, 1.54) is 20.8 Å². The smallest absolute Gasteiger partial charge is 0.347 e. The predicted molar refractivity (Wildman–Crippen MR) is 62.7 cm³/mol. The van der Waals surface area contributed by atoms with Gasteiger partial charge in [-0.2, -0.15) is 22.0 Å². The summed E-state index contributed by atoms with van der Waals surface area (Å²) in [5.74, 6) is -8.98. The van der Waals surface area contributed by atoms with Crippen LogP contribution in [0.25, 0.3) is 0 Å². The van der Waals surface area contributed by atoms with Crippen LogP contribution in [-0.4, -0.2) is 35.7 Å². The van der Waals surface area contributed by atoms with Gasteiger partial charge in [-0.15, -0.1) is 11.6 Å². The van der Waals surface area contributed by atoms with Gasteiger partial charge in [-0.3, -0.25) is 9.59 Å². The number of hydrogen-bond donors (Lipinski definition) is 1. The molecule has 0 spiro atoms. The normalized spacial score (nSPS) is 14.8. The highest BCUT2D eigenvalue weighted by atomic mass is 35.5. The fourth-order valence-corrected chi connectivity index (χ4v) is 1.34. The number of halogens is 6. The van der Waals surface area contributed by atoms with Gasteiger partial charge in [0.2, 0.25) is 0 Å². The summed E-state index contributed by atoms with van der Waals surface area (Å²) in [6, 6.07) is -1.19. The summed E-state index contributed by atoms with van der Waals surface area (Å²) < 4.78 is 61.9. The zero-order valence-corrected chi connectivity index (χ0v) is 11.8. The molecule has 0 radical (unpaired) electrons. The average Bonchev–Trinajstić information content (AvgIpc) is 2.24. The third kappa shape index (κ3) is 4.88. The molecule has 9 heteroatoms. The van der Waals surface area contributed by atoms with Crippen LogP contribution in [0.15, 0.2) is 0 Å². The Labute approximate surface area is 117 Å². The molecule has 0 bridgehead atoms. The quantitative estimate of drug-likeness (QED) is 0.624. The number of Topliss-reactive ketones (excluding diaryl/α,β-unsaturated/α-hetero) is 1. The number of nitrogens with one attached hydrogen (secondary N) is 1. The van der Waals surface area contributed by atoms with Crippen molar-refractivity contribution < 1.29 is 31.5 Å². The van der Waals surface area contributed by atoms with Gasteiger partial charge < -0.3 is 5.32 Å². The van der Waals surface area contributed by atoms with Crippen LogP contribution < -0.4 is 5.32 Å². The summed E-state index contributed by atoms with van der Waals surface area (Å²) in [4.78, 5) is 22.3. The molecular formula is C11H15ClF5NO2. The van der Waals surface area contributed by atoms with E-state index in [1.54, 1.807) is 5.32 Å². The number of carbonyl (C=O) groups is 2. The zero-order chi connectivity index (χ0) is 16.4. The first kappa shape index (κ1) is 19.1. The third-order valence-electron chi connectivity index (χ3n) is 2.57. The van der Waals surface area contributed by atoms with E-state index in [0.717, 1.165) is 0 Å². The van der Waals surface area contributed by atoms with Gasteiger partial charge in [-0.25, -0.2) is 0 Å². The first-order valence-corrected chi connectivity index (χ1v) is 6.10. The highest BCUT2D eigenvalue weighted by molar-refractivity contribution is 6.27. The van der Waals surface area contributed by atoms with Gasteiger partial charge in [-0.1, -0.05) is 20.8 Å². The van der Waals surface area contributed by atoms with Gasteiger partial charge in [0, 0.05) is 12.5 Å². The average molecular weight is 324 g/mol. The van der Waals surface area contributed by atoms with Crippen LogP contribution in [0.1, 0.15) is 27.2 Å². The van der Waals surface area contributed by atoms with Crippen molar-refractivity contribution >= 4 is 23.3 Å². The molecule has 20 heavy (non-hydrogen) atoms. The minimum absolute atomic E-state index is 0.419. The number of alkyl halides is 6. The van der Waals surface area contributed by atoms with Gasteiger partial charge in [0.05, 0.1) is 5.88 Å². The number of rotatable bonds is 5. The maximum atomic E-state index is 12.8. The van der Waals surface area contributed by atoms with E-state index in [4.69, 9.17) is 11.6 Å². The van der Waals surface area contributed by atoms with E-state index < -0.39 is 47.5 Å². The minimum atomic E-state index is -5.99. The van der Waals surface area contributed by atoms with Crippen LogP contribution >= 0.6 is 11.6 Å². The Hall–Kier alpha value is -0.920. The molecule has 1 amide bonds. The van der Waals surface area contributed by atoms with Crippen LogP contribution in [0, 0.1) is 5.41 Å². The highest BCUT2D eigenvalue weighted by Gasteiger charge is 2.63. The zero-order valence-electron chi connectivity index (χ0n) is 11.1. The third-order valence-corrected chi connectivity index (χ3v) is 2.87. The lowest BCUT2D eigenvalue weighted by Crippen LogP contribution is -2.56. The van der Waals surface area contributed by atoms with Crippen LogP contribution in [0.5, 0.6) is 0 Å². The molecule has 0 aliphatic heterocycles. The van der Waals surface area contributed by atoms with Crippen molar-refractivity contribution in [2.75, 3.05) is 5.88 Å². The summed E-state index contributed by atoms with van der Waals surface area (Å²) >= 11 is 5.25. The molecule has 0 saturated heterocycles. The van der Waals surface area contributed by atoms with Crippen molar-refractivity contribution in [3.63, 3.8) is 0 Å². The molecular weight excluding hydrogens is 309 g/mol. The maximum Gasteiger partial charge on any atom is 0.463 e. The largest absolute Gasteiger partial charge is 0.463 e. The predicted octanol–water partition coefficient (Wildman–Crippen LogP) is 2.91. The second kappa shape index (κ2) is 6.24. The molecule has 0 saturated carbocycles. The monoisotopic (exact) mass is 323 g/mol. The van der Waals surface area contributed by atoms with Gasteiger partial charge >= 0.3 is 18.0 Å². The first-order chi connectivity index (χ1) is 8.73. The second-order valence-electron chi connectivity index (χ2n) is 5.34. The van der Waals surface area contributed by atoms with Crippen molar-refractivity contribution in [1.29, 1.82) is 0 Å². The molecule has 1 atom stereocenters. The molecule has 118 valence electrons. The fraction of sp³-hybridized carbons (Fsp3) is 0.818. The Morgan fingerprint density at radius 3 is 1.85 bits per heavy atom. The number of carbonyl (C=O) groups excluding carboxylic acids is 2. The molecule has 1 unspecified atom stereocenters. The van der Waals surface area contributed by atoms with E-state index >= 15 is 0 Å². The summed E-state index contributed by atoms with van der Waals surface area (Å²) in [6.45, 7) is 4.47. The SMILES string of the molecule is CC(C)(C)C(CC(=O)CCl)NC(=O)C(F)(F)C(F)(F)F. The number of hydrogen-bond acceptors (Lipinski definition) is 2. The van der Waals surface area contributed by atoms with Crippen molar-refractivity contribution in [1.82, 2.24) is 5.32 Å². The Bertz CT molecular complexity index is 376. The summed E-state index contributed by atoms with van der Waals surface area (Å²) in [7, 11) is 0. The van der Waals surface area contributed by atoms with Crippen LogP contribution in [0.4, 0.5) is 22.0 Å². The van der Waals surface area contributed by atoms with Crippen molar-refractivity contribution in [3.8, 4) is 0 Å². The lowest BCUT2D eigenvalue weighted by atomic mass is 9.83. The molecule has 0 aliphatic carbocycles. The summed E-state index contributed by atoms with van der Waals surface area (Å²) in [6.07, 6.45) is -6.41. The van der Waals surface area contributed by atoms with Crippen molar-refractivity contribution in [2.24, 2.45) is 5.41 Å². The van der Waals surface area contributed by atoms with Crippen LogP contribution in [0.2, 0.25) is 0 Å². The molecule has 3 nitrogen and oxygen atoms in total. The Morgan fingerprint density at radius 1 is 1.10 bits per heavy atom. The molecule has 0 rings (SSSR count). The van der Waals surface area contributed by atoms with Gasteiger partial charge in [-0.05, 0) is 5.41 Å². The molecule has 0 aliphatic rings. The van der Waals surface area contributed by atoms with Gasteiger partial charge in [0.1, 0.15) is 5.78 Å². The Balaban J connectivity index is 5.10. The Morgan fingerprint density at radius 2 is 1.55 bits per heavy atom. The molecule has 1 N–H and O–H groups in total. The summed E-state index contributed by atoms with van der Waals surface area (Å²) in [5, 5.41) is 1.58. The Kier molecular flexibility index (Phi) is 5.95. The summed E-state index contributed by atoms with van der Waals surface area (Å²) in [5.41, 5.74) is -0.890. The highest BCUT2D eigenvalue weighted by Crippen LogP contribution is 2.36. The molecule has 0 fully saturated rings. The number of ketones is 1. The van der Waals surface area contributed by atoms with Crippen molar-refractivity contribution in [2.45, 2.75) is 45.3 Å². The van der Waals surface area contributed by atoms with E-state index in [2.05, 4.69) is 0 Å². The first-order valence-electron chi connectivity index (χ1n) is 5.56. The molecule has 0 aromatic rings. The van der Waals surface area contributed by atoms with Gasteiger partial charge in [0.15, 0.2) is 0 Å². The number of amides is 1. The van der Waals surface area contributed by atoms with E-state index in [9.17, 15) is 31.5 Å². The lowest BCUT2D eigenvalue weighted by Gasteiger charge is -2.32. The lowest BCUT2D eigenvalue weighted by molar-refractivity contribution is -0.270. The molecule has 0 heterocycles. The molecule has 0 aromatic heterocycles. The fourth-order valence-electron chi connectivity index (χ4n) is 1.23. The van der Waals surface area contributed by atoms with E-state index in [0.29, 0.717) is 0 Å². The second-order valence-corrected chi connectivity index (χ2v) is 5.61. The standard InChI is InChI=1S/C11H15ClF5NO2/c1-9(2,3)7(4-6(19)5-12)18-8(20)10(13,14)11(15,16)17/h7H,4-5H2,1-3H3,(H,18,20). The van der Waals surface area contributed by atoms with Crippen LogP contribution in [0.3, 0.4) is 0 Å². The van der Waals surface area contributed by atoms with Crippen LogP contribution in [-0.2, 0) is 9.59 Å². The van der Waals surface area contributed by atoms with E-state index in [-0.39, 0.29) is 0 Å². The minimum Gasteiger partial charge on any atom is -0.347 e. The van der Waals surface area contributed by atoms with Gasteiger partial charge in [0.25, 0.3) is 0 Å². The van der Waals surface area contributed by atoms with Crippen molar-refractivity contribution in [3.05, 3.63) is 0 Å². The maximum absolute atomic E-state index is 12.8. The molecule has 0 aromatic carbocycles. The van der Waals surface area contributed by atoms with E-state index in [1.807, 2.05) is 0 Å².